The predicted molar refractivity (Wildman–Crippen MR) is 104 cm³/mol. The van der Waals surface area contributed by atoms with Crippen LogP contribution in [0.2, 0.25) is 0 Å². The smallest absolute Gasteiger partial charge is 0.219 e. The van der Waals surface area contributed by atoms with Gasteiger partial charge in [0.1, 0.15) is 0 Å². The van der Waals surface area contributed by atoms with Crippen LogP contribution in [-0.4, -0.2) is 35.4 Å². The lowest BCUT2D eigenvalue weighted by Crippen LogP contribution is -2.37. The number of aryl methyl sites for hydroxylation is 1. The van der Waals surface area contributed by atoms with Crippen molar-refractivity contribution >= 4 is 22.5 Å². The minimum Gasteiger partial charge on any atom is -0.384 e. The van der Waals surface area contributed by atoms with Gasteiger partial charge in [0.25, 0.3) is 0 Å². The van der Waals surface area contributed by atoms with E-state index in [1.54, 1.807) is 6.92 Å². The molecule has 1 aliphatic rings. The summed E-state index contributed by atoms with van der Waals surface area (Å²) in [6, 6.07) is 8.38. The molecule has 0 spiro atoms. The number of aromatic nitrogens is 1. The molecule has 0 aliphatic carbocycles. The number of anilines is 1. The molecule has 0 bridgehead atoms. The van der Waals surface area contributed by atoms with Gasteiger partial charge in [-0.25, -0.2) is 0 Å². The third-order valence-electron chi connectivity index (χ3n) is 5.47. The second-order valence-corrected chi connectivity index (χ2v) is 7.09. The number of para-hydroxylation sites is 1. The van der Waals surface area contributed by atoms with Gasteiger partial charge in [-0.15, -0.1) is 0 Å². The van der Waals surface area contributed by atoms with Gasteiger partial charge in [0, 0.05) is 43.3 Å². The normalized spacial score (nSPS) is 15.6. The molecular formula is C21H29N3O. The molecule has 1 saturated heterocycles. The lowest BCUT2D eigenvalue weighted by Gasteiger charge is -2.31. The van der Waals surface area contributed by atoms with E-state index >= 15 is 0 Å². The number of piperidine rings is 1. The fourth-order valence-electron chi connectivity index (χ4n) is 3.95. The third-order valence-corrected chi connectivity index (χ3v) is 5.47. The van der Waals surface area contributed by atoms with Crippen molar-refractivity contribution in [2.45, 2.75) is 46.5 Å². The van der Waals surface area contributed by atoms with E-state index in [0.29, 0.717) is 5.92 Å². The molecule has 4 nitrogen and oxygen atoms in total. The van der Waals surface area contributed by atoms with Crippen molar-refractivity contribution in [2.24, 2.45) is 5.92 Å². The Labute approximate surface area is 150 Å². The van der Waals surface area contributed by atoms with E-state index in [9.17, 15) is 4.79 Å². The summed E-state index contributed by atoms with van der Waals surface area (Å²) in [6.45, 7) is 8.78. The van der Waals surface area contributed by atoms with Crippen LogP contribution in [-0.2, 0) is 11.2 Å². The Morgan fingerprint density at radius 2 is 2.00 bits per heavy atom. The molecule has 1 aliphatic heterocycles. The third kappa shape index (κ3) is 3.94. The Hall–Kier alpha value is -2.10. The van der Waals surface area contributed by atoms with Gasteiger partial charge in [-0.05, 0) is 50.2 Å². The van der Waals surface area contributed by atoms with Gasteiger partial charge in [-0.1, -0.05) is 25.1 Å². The highest BCUT2D eigenvalue weighted by molar-refractivity contribution is 5.93. The van der Waals surface area contributed by atoms with E-state index < -0.39 is 0 Å². The zero-order valence-corrected chi connectivity index (χ0v) is 15.6. The fraction of sp³-hybridized carbons (Fsp3) is 0.524. The first-order valence-corrected chi connectivity index (χ1v) is 9.47. The van der Waals surface area contributed by atoms with Crippen molar-refractivity contribution in [3.8, 4) is 0 Å². The van der Waals surface area contributed by atoms with E-state index in [4.69, 9.17) is 4.98 Å². The van der Waals surface area contributed by atoms with Crippen LogP contribution in [0.1, 0.15) is 44.4 Å². The molecule has 3 rings (SSSR count). The van der Waals surface area contributed by atoms with Gasteiger partial charge in [0.15, 0.2) is 0 Å². The maximum atomic E-state index is 11.4. The predicted octanol–water partition coefficient (Wildman–Crippen LogP) is 4.17. The number of likely N-dealkylation sites (tertiary alicyclic amines) is 1. The average molecular weight is 339 g/mol. The summed E-state index contributed by atoms with van der Waals surface area (Å²) in [4.78, 5) is 18.2. The Bertz CT molecular complexity index is 748. The van der Waals surface area contributed by atoms with Crippen molar-refractivity contribution in [2.75, 3.05) is 25.0 Å². The molecule has 0 radical (unpaired) electrons. The van der Waals surface area contributed by atoms with Gasteiger partial charge in [0.2, 0.25) is 5.91 Å². The summed E-state index contributed by atoms with van der Waals surface area (Å²) in [5.74, 6) is 0.922. The number of rotatable bonds is 5. The molecule has 2 aromatic rings. The molecule has 1 amide bonds. The van der Waals surface area contributed by atoms with E-state index in [0.717, 1.165) is 56.5 Å². The van der Waals surface area contributed by atoms with Crippen LogP contribution in [0.3, 0.4) is 0 Å². The standard InChI is InChI=1S/C21H29N3O/c1-4-18-15(2)23-20-8-6-5-7-19(20)21(18)22-12-9-17-10-13-24(14-11-17)16(3)25/h5-8,17H,4,9-14H2,1-3H3,(H,22,23). The summed E-state index contributed by atoms with van der Waals surface area (Å²) in [7, 11) is 0. The van der Waals surface area contributed by atoms with Crippen LogP contribution in [0.25, 0.3) is 10.9 Å². The SMILES string of the molecule is CCc1c(C)nc2ccccc2c1NCCC1CCN(C(C)=O)CC1. The van der Waals surface area contributed by atoms with Crippen molar-refractivity contribution in [3.63, 3.8) is 0 Å². The minimum absolute atomic E-state index is 0.211. The quantitative estimate of drug-likeness (QED) is 0.889. The molecule has 1 N–H and O–H groups in total. The Kier molecular flexibility index (Phi) is 5.57. The second-order valence-electron chi connectivity index (χ2n) is 7.09. The van der Waals surface area contributed by atoms with E-state index in [1.165, 1.54) is 16.6 Å². The van der Waals surface area contributed by atoms with Gasteiger partial charge in [-0.2, -0.15) is 0 Å². The second kappa shape index (κ2) is 7.85. The zero-order valence-electron chi connectivity index (χ0n) is 15.6. The average Bonchev–Trinajstić information content (AvgIpc) is 2.62. The summed E-state index contributed by atoms with van der Waals surface area (Å²) in [5.41, 5.74) is 4.77. The highest BCUT2D eigenvalue weighted by Crippen LogP contribution is 2.29. The van der Waals surface area contributed by atoms with Crippen molar-refractivity contribution in [3.05, 3.63) is 35.5 Å². The number of hydrogen-bond donors (Lipinski definition) is 1. The van der Waals surface area contributed by atoms with Crippen LogP contribution < -0.4 is 5.32 Å². The van der Waals surface area contributed by atoms with E-state index in [2.05, 4.69) is 37.4 Å². The highest BCUT2D eigenvalue weighted by atomic mass is 16.2. The monoisotopic (exact) mass is 339 g/mol. The molecule has 1 aromatic carbocycles. The molecule has 0 atom stereocenters. The number of nitrogens with zero attached hydrogens (tertiary/aromatic N) is 2. The van der Waals surface area contributed by atoms with Crippen LogP contribution in [0.4, 0.5) is 5.69 Å². The Balaban J connectivity index is 1.66. The van der Waals surface area contributed by atoms with Crippen molar-refractivity contribution in [1.82, 2.24) is 9.88 Å². The number of hydrogen-bond acceptors (Lipinski definition) is 3. The lowest BCUT2D eigenvalue weighted by molar-refractivity contribution is -0.130. The zero-order chi connectivity index (χ0) is 17.8. The molecule has 25 heavy (non-hydrogen) atoms. The maximum Gasteiger partial charge on any atom is 0.219 e. The first kappa shape index (κ1) is 17.7. The topological polar surface area (TPSA) is 45.2 Å². The lowest BCUT2D eigenvalue weighted by atomic mass is 9.93. The number of carbonyl (C=O) groups excluding carboxylic acids is 1. The molecule has 0 unspecified atom stereocenters. The van der Waals surface area contributed by atoms with Crippen LogP contribution in [0.5, 0.6) is 0 Å². The minimum atomic E-state index is 0.211. The number of pyridine rings is 1. The first-order valence-electron chi connectivity index (χ1n) is 9.47. The Morgan fingerprint density at radius 3 is 2.68 bits per heavy atom. The van der Waals surface area contributed by atoms with E-state index in [-0.39, 0.29) is 5.91 Å². The van der Waals surface area contributed by atoms with Crippen LogP contribution in [0, 0.1) is 12.8 Å². The fourth-order valence-corrected chi connectivity index (χ4v) is 3.95. The molecular weight excluding hydrogens is 310 g/mol. The van der Waals surface area contributed by atoms with Gasteiger partial charge >= 0.3 is 0 Å². The molecule has 2 heterocycles. The molecule has 4 heteroatoms. The highest BCUT2D eigenvalue weighted by Gasteiger charge is 2.20. The van der Waals surface area contributed by atoms with Crippen LogP contribution in [0.15, 0.2) is 24.3 Å². The molecule has 1 fully saturated rings. The molecule has 1 aromatic heterocycles. The van der Waals surface area contributed by atoms with Crippen molar-refractivity contribution in [1.29, 1.82) is 0 Å². The van der Waals surface area contributed by atoms with Gasteiger partial charge in [-0.3, -0.25) is 9.78 Å². The number of fused-ring (bicyclic) bond motifs is 1. The molecule has 134 valence electrons. The number of carbonyl (C=O) groups is 1. The first-order chi connectivity index (χ1) is 12.1. The number of benzene rings is 1. The molecule has 0 saturated carbocycles. The summed E-state index contributed by atoms with van der Waals surface area (Å²) in [5, 5.41) is 4.93. The van der Waals surface area contributed by atoms with Gasteiger partial charge < -0.3 is 10.2 Å². The number of amides is 1. The summed E-state index contributed by atoms with van der Waals surface area (Å²) in [6.07, 6.45) is 4.39. The Morgan fingerprint density at radius 1 is 1.28 bits per heavy atom. The van der Waals surface area contributed by atoms with Crippen LogP contribution >= 0.6 is 0 Å². The van der Waals surface area contributed by atoms with E-state index in [1.807, 2.05) is 11.0 Å². The maximum absolute atomic E-state index is 11.4. The largest absolute Gasteiger partial charge is 0.384 e. The van der Waals surface area contributed by atoms with Gasteiger partial charge in [0.05, 0.1) is 5.52 Å². The summed E-state index contributed by atoms with van der Waals surface area (Å²) < 4.78 is 0. The summed E-state index contributed by atoms with van der Waals surface area (Å²) >= 11 is 0. The van der Waals surface area contributed by atoms with Crippen molar-refractivity contribution < 1.29 is 4.79 Å². The number of nitrogens with one attached hydrogen (secondary N) is 1.